The summed E-state index contributed by atoms with van der Waals surface area (Å²) in [5.74, 6) is -0.120. The zero-order valence-corrected chi connectivity index (χ0v) is 14.6. The van der Waals surface area contributed by atoms with Crippen molar-refractivity contribution in [1.82, 2.24) is 0 Å². The lowest BCUT2D eigenvalue weighted by Gasteiger charge is -2.17. The minimum absolute atomic E-state index is 0.405. The van der Waals surface area contributed by atoms with E-state index in [0.29, 0.717) is 24.5 Å². The average molecular weight is 328 g/mol. The zero-order chi connectivity index (χ0) is 17.7. The van der Waals surface area contributed by atoms with Crippen LogP contribution in [0.4, 0.5) is 0 Å². The second-order valence-electron chi connectivity index (χ2n) is 5.87. The third kappa shape index (κ3) is 4.07. The van der Waals surface area contributed by atoms with Gasteiger partial charge in [0.15, 0.2) is 11.5 Å². The smallest absolute Gasteiger partial charge is 0.311 e. The van der Waals surface area contributed by atoms with Crippen molar-refractivity contribution in [3.05, 3.63) is 58.7 Å². The Morgan fingerprint density at radius 1 is 1.12 bits per heavy atom. The molecule has 0 aliphatic heterocycles. The molecule has 0 fully saturated rings. The molecule has 2 aromatic rings. The molecular weight excluding hydrogens is 304 g/mol. The van der Waals surface area contributed by atoms with Gasteiger partial charge in [0, 0.05) is 0 Å². The molecule has 4 heteroatoms. The molecule has 0 aromatic heterocycles. The summed E-state index contributed by atoms with van der Waals surface area (Å²) in [5.41, 5.74) is 3.82. The highest BCUT2D eigenvalue weighted by Gasteiger charge is 2.23. The molecule has 0 spiro atoms. The molecule has 4 nitrogen and oxygen atoms in total. The summed E-state index contributed by atoms with van der Waals surface area (Å²) >= 11 is 0. The van der Waals surface area contributed by atoms with Crippen LogP contribution in [0.2, 0.25) is 0 Å². The van der Waals surface area contributed by atoms with Crippen molar-refractivity contribution in [2.75, 3.05) is 13.7 Å². The standard InChI is InChI=1S/C20H24O4/c1-5-24-18-9-8-15(12-19(18)23-4)11-17(20(21)22)16-10-13(2)6-7-14(16)3/h6-10,12,17H,5,11H2,1-4H3,(H,21,22). The number of aryl methyl sites for hydroxylation is 2. The molecule has 1 atom stereocenters. The zero-order valence-electron chi connectivity index (χ0n) is 14.6. The van der Waals surface area contributed by atoms with Crippen LogP contribution in [-0.2, 0) is 11.2 Å². The minimum atomic E-state index is -0.823. The van der Waals surface area contributed by atoms with Gasteiger partial charge in [-0.2, -0.15) is 0 Å². The van der Waals surface area contributed by atoms with Crippen molar-refractivity contribution in [2.45, 2.75) is 33.1 Å². The predicted octanol–water partition coefficient (Wildman–Crippen LogP) is 4.12. The van der Waals surface area contributed by atoms with Crippen LogP contribution in [0.1, 0.15) is 35.1 Å². The highest BCUT2D eigenvalue weighted by atomic mass is 16.5. The van der Waals surface area contributed by atoms with Crippen molar-refractivity contribution in [2.24, 2.45) is 0 Å². The van der Waals surface area contributed by atoms with Gasteiger partial charge in [0.1, 0.15) is 0 Å². The minimum Gasteiger partial charge on any atom is -0.493 e. The number of ether oxygens (including phenoxy) is 2. The summed E-state index contributed by atoms with van der Waals surface area (Å²) in [5, 5.41) is 9.71. The number of benzene rings is 2. The molecule has 2 aromatic carbocycles. The van der Waals surface area contributed by atoms with Crippen LogP contribution >= 0.6 is 0 Å². The van der Waals surface area contributed by atoms with Crippen LogP contribution < -0.4 is 9.47 Å². The first kappa shape index (κ1) is 17.9. The normalized spacial score (nSPS) is 11.8. The SMILES string of the molecule is CCOc1ccc(CC(C(=O)O)c2cc(C)ccc2C)cc1OC. The quantitative estimate of drug-likeness (QED) is 0.830. The van der Waals surface area contributed by atoms with E-state index in [1.165, 1.54) is 0 Å². The molecule has 0 aliphatic rings. The van der Waals surface area contributed by atoms with E-state index in [9.17, 15) is 9.90 Å². The van der Waals surface area contributed by atoms with E-state index in [-0.39, 0.29) is 0 Å². The van der Waals surface area contributed by atoms with E-state index in [1.54, 1.807) is 7.11 Å². The van der Waals surface area contributed by atoms with Crippen molar-refractivity contribution in [1.29, 1.82) is 0 Å². The summed E-state index contributed by atoms with van der Waals surface area (Å²) in [7, 11) is 1.58. The maximum atomic E-state index is 11.8. The Bertz CT molecular complexity index is 722. The summed E-state index contributed by atoms with van der Waals surface area (Å²) in [6, 6.07) is 11.5. The number of methoxy groups -OCH3 is 1. The lowest BCUT2D eigenvalue weighted by molar-refractivity contribution is -0.138. The fourth-order valence-electron chi connectivity index (χ4n) is 2.82. The molecule has 128 valence electrons. The summed E-state index contributed by atoms with van der Waals surface area (Å²) in [6.07, 6.45) is 0.405. The molecular formula is C20H24O4. The number of carbonyl (C=O) groups is 1. The summed E-state index contributed by atoms with van der Waals surface area (Å²) in [4.78, 5) is 11.8. The van der Waals surface area contributed by atoms with Gasteiger partial charge in [0.05, 0.1) is 19.6 Å². The summed E-state index contributed by atoms with van der Waals surface area (Å²) < 4.78 is 10.9. The van der Waals surface area contributed by atoms with Crippen LogP contribution in [0.25, 0.3) is 0 Å². The van der Waals surface area contributed by atoms with Crippen LogP contribution in [0.5, 0.6) is 11.5 Å². The third-order valence-electron chi connectivity index (χ3n) is 4.08. The van der Waals surface area contributed by atoms with Crippen molar-refractivity contribution in [3.8, 4) is 11.5 Å². The Morgan fingerprint density at radius 2 is 1.88 bits per heavy atom. The van der Waals surface area contributed by atoms with Gasteiger partial charge >= 0.3 is 5.97 Å². The maximum absolute atomic E-state index is 11.8. The predicted molar refractivity (Wildman–Crippen MR) is 94.2 cm³/mol. The fraction of sp³-hybridized carbons (Fsp3) is 0.350. The lowest BCUT2D eigenvalue weighted by atomic mass is 9.88. The molecule has 1 N–H and O–H groups in total. The second-order valence-corrected chi connectivity index (χ2v) is 5.87. The number of hydrogen-bond donors (Lipinski definition) is 1. The number of carboxylic acids is 1. The van der Waals surface area contributed by atoms with Gasteiger partial charge in [-0.3, -0.25) is 4.79 Å². The van der Waals surface area contributed by atoms with Crippen LogP contribution in [0.15, 0.2) is 36.4 Å². The number of hydrogen-bond acceptors (Lipinski definition) is 3. The first-order valence-corrected chi connectivity index (χ1v) is 8.06. The first-order chi connectivity index (χ1) is 11.5. The van der Waals surface area contributed by atoms with Crippen LogP contribution in [-0.4, -0.2) is 24.8 Å². The molecule has 0 heterocycles. The molecule has 0 aliphatic carbocycles. The molecule has 0 radical (unpaired) electrons. The van der Waals surface area contributed by atoms with Gasteiger partial charge in [0.2, 0.25) is 0 Å². The van der Waals surface area contributed by atoms with Gasteiger partial charge in [-0.25, -0.2) is 0 Å². The van der Waals surface area contributed by atoms with E-state index in [2.05, 4.69) is 0 Å². The van der Waals surface area contributed by atoms with E-state index < -0.39 is 11.9 Å². The lowest BCUT2D eigenvalue weighted by Crippen LogP contribution is -2.16. The number of aliphatic carboxylic acids is 1. The third-order valence-corrected chi connectivity index (χ3v) is 4.08. The van der Waals surface area contributed by atoms with Gasteiger partial charge in [-0.15, -0.1) is 0 Å². The van der Waals surface area contributed by atoms with Crippen molar-refractivity contribution in [3.63, 3.8) is 0 Å². The topological polar surface area (TPSA) is 55.8 Å². The number of rotatable bonds is 7. The molecule has 0 amide bonds. The average Bonchev–Trinajstić information content (AvgIpc) is 2.56. The van der Waals surface area contributed by atoms with Crippen molar-refractivity contribution >= 4 is 5.97 Å². The van der Waals surface area contributed by atoms with Gasteiger partial charge < -0.3 is 14.6 Å². The molecule has 24 heavy (non-hydrogen) atoms. The molecule has 1 unspecified atom stereocenters. The van der Waals surface area contributed by atoms with Gasteiger partial charge in [-0.1, -0.05) is 29.8 Å². The Morgan fingerprint density at radius 3 is 2.50 bits per heavy atom. The Balaban J connectivity index is 2.35. The van der Waals surface area contributed by atoms with Gasteiger partial charge in [0.25, 0.3) is 0 Å². The number of carboxylic acid groups (broad SMARTS) is 1. The van der Waals surface area contributed by atoms with Gasteiger partial charge in [-0.05, 0) is 56.0 Å². The second kappa shape index (κ2) is 7.86. The molecule has 0 saturated heterocycles. The Kier molecular flexibility index (Phi) is 5.85. The molecule has 0 bridgehead atoms. The van der Waals surface area contributed by atoms with E-state index in [1.807, 2.05) is 57.2 Å². The van der Waals surface area contributed by atoms with E-state index >= 15 is 0 Å². The highest BCUT2D eigenvalue weighted by molar-refractivity contribution is 5.77. The molecule has 0 saturated carbocycles. The summed E-state index contributed by atoms with van der Waals surface area (Å²) in [6.45, 7) is 6.38. The van der Waals surface area contributed by atoms with Crippen molar-refractivity contribution < 1.29 is 19.4 Å². The van der Waals surface area contributed by atoms with E-state index in [4.69, 9.17) is 9.47 Å². The largest absolute Gasteiger partial charge is 0.493 e. The molecule has 2 rings (SSSR count). The van der Waals surface area contributed by atoms with Crippen LogP contribution in [0, 0.1) is 13.8 Å². The fourth-order valence-corrected chi connectivity index (χ4v) is 2.82. The Hall–Kier alpha value is -2.49. The Labute approximate surface area is 143 Å². The first-order valence-electron chi connectivity index (χ1n) is 8.06. The highest BCUT2D eigenvalue weighted by Crippen LogP contribution is 2.31. The maximum Gasteiger partial charge on any atom is 0.311 e. The monoisotopic (exact) mass is 328 g/mol. The van der Waals surface area contributed by atoms with E-state index in [0.717, 1.165) is 22.3 Å². The van der Waals surface area contributed by atoms with Crippen LogP contribution in [0.3, 0.4) is 0 Å².